The van der Waals surface area contributed by atoms with Crippen molar-refractivity contribution in [2.75, 3.05) is 0 Å². The number of aromatic nitrogens is 2. The lowest BCUT2D eigenvalue weighted by molar-refractivity contribution is 0.353. The van der Waals surface area contributed by atoms with Crippen LogP contribution in [0.4, 0.5) is 0 Å². The van der Waals surface area contributed by atoms with Crippen LogP contribution in [0.25, 0.3) is 109 Å². The molecule has 2 aliphatic carbocycles. The molecule has 9 aromatic carbocycles. The average molecular weight is 823 g/mol. The maximum atomic E-state index is 2.60. The molecule has 3 heterocycles. The van der Waals surface area contributed by atoms with Crippen molar-refractivity contribution in [2.24, 2.45) is 0 Å². The number of fused-ring (bicyclic) bond motifs is 14. The van der Waals surface area contributed by atoms with Gasteiger partial charge in [0.25, 0.3) is 0 Å². The molecule has 0 atom stereocenters. The van der Waals surface area contributed by atoms with Gasteiger partial charge in [-0.05, 0) is 118 Å². The molecule has 0 unspecified atom stereocenters. The largest absolute Gasteiger partial charge is 0.309 e. The van der Waals surface area contributed by atoms with Crippen LogP contribution in [-0.2, 0) is 5.41 Å². The smallest absolute Gasteiger partial charge is 0.0547 e. The molecule has 63 heavy (non-hydrogen) atoms. The van der Waals surface area contributed by atoms with E-state index in [4.69, 9.17) is 0 Å². The molecule has 0 bridgehead atoms. The van der Waals surface area contributed by atoms with Crippen molar-refractivity contribution in [3.05, 3.63) is 205 Å². The molecule has 298 valence electrons. The van der Waals surface area contributed by atoms with Gasteiger partial charge in [-0.1, -0.05) is 153 Å². The first-order valence-corrected chi connectivity index (χ1v) is 23.4. The molecule has 0 aliphatic heterocycles. The van der Waals surface area contributed by atoms with Crippen molar-refractivity contribution in [1.29, 1.82) is 0 Å². The number of rotatable bonds is 4. The van der Waals surface area contributed by atoms with Crippen molar-refractivity contribution < 1.29 is 0 Å². The summed E-state index contributed by atoms with van der Waals surface area (Å²) in [6.07, 6.45) is 6.35. The van der Waals surface area contributed by atoms with E-state index in [-0.39, 0.29) is 5.41 Å². The first kappa shape index (κ1) is 35.4. The van der Waals surface area contributed by atoms with E-state index < -0.39 is 0 Å². The van der Waals surface area contributed by atoms with Crippen LogP contribution in [0, 0.1) is 0 Å². The molecule has 0 N–H and O–H groups in total. The van der Waals surface area contributed by atoms with Gasteiger partial charge >= 0.3 is 0 Å². The van der Waals surface area contributed by atoms with Crippen molar-refractivity contribution >= 4 is 75.1 Å². The van der Waals surface area contributed by atoms with E-state index in [0.717, 1.165) is 0 Å². The normalized spacial score (nSPS) is 14.5. The lowest BCUT2D eigenvalue weighted by Gasteiger charge is -2.36. The van der Waals surface area contributed by atoms with Crippen LogP contribution in [0.2, 0.25) is 0 Å². The number of hydrogen-bond acceptors (Lipinski definition) is 1. The van der Waals surface area contributed by atoms with E-state index >= 15 is 0 Å². The van der Waals surface area contributed by atoms with Gasteiger partial charge in [0.05, 0.1) is 22.1 Å². The predicted octanol–water partition coefficient (Wildman–Crippen LogP) is 16.8. The Morgan fingerprint density at radius 3 is 1.71 bits per heavy atom. The van der Waals surface area contributed by atoms with Crippen molar-refractivity contribution in [3.63, 3.8) is 0 Å². The Bertz CT molecular complexity index is 3820. The third-order valence-corrected chi connectivity index (χ3v) is 15.9. The molecule has 0 radical (unpaired) electrons. The average Bonchev–Trinajstić information content (AvgIpc) is 4.06. The summed E-state index contributed by atoms with van der Waals surface area (Å²) in [6, 6.07) is 73.3. The second-order valence-corrected chi connectivity index (χ2v) is 19.0. The van der Waals surface area contributed by atoms with Crippen LogP contribution in [0.5, 0.6) is 0 Å². The van der Waals surface area contributed by atoms with Gasteiger partial charge in [0.1, 0.15) is 0 Å². The van der Waals surface area contributed by atoms with Crippen LogP contribution in [0.15, 0.2) is 194 Å². The second kappa shape index (κ2) is 13.4. The first-order chi connectivity index (χ1) is 31.2. The SMILES string of the molecule is c1ccc(-c2ccc(-n3c4cc(-c5ccc6c7ccccc7n(-c7ccc8c(c7)sc7ccccc78)c6c5)ccc4c4cc5c(cc43)-c3ccccc3C53CCCCC3)cc2)cc1. The number of thiophene rings is 1. The van der Waals surface area contributed by atoms with Crippen LogP contribution in [0.3, 0.4) is 0 Å². The predicted molar refractivity (Wildman–Crippen MR) is 268 cm³/mol. The minimum atomic E-state index is 0.0967. The second-order valence-electron chi connectivity index (χ2n) is 17.9. The van der Waals surface area contributed by atoms with Crippen LogP contribution >= 0.6 is 11.3 Å². The summed E-state index contributed by atoms with van der Waals surface area (Å²) >= 11 is 1.88. The summed E-state index contributed by atoms with van der Waals surface area (Å²) in [7, 11) is 0. The highest BCUT2D eigenvalue weighted by Gasteiger charge is 2.44. The minimum absolute atomic E-state index is 0.0967. The van der Waals surface area contributed by atoms with E-state index in [1.807, 2.05) is 11.3 Å². The molecular weight excluding hydrogens is 781 g/mol. The van der Waals surface area contributed by atoms with Gasteiger partial charge in [0.2, 0.25) is 0 Å². The third kappa shape index (κ3) is 5.12. The third-order valence-electron chi connectivity index (χ3n) is 14.7. The summed E-state index contributed by atoms with van der Waals surface area (Å²) in [5, 5.41) is 7.84. The molecule has 12 aromatic rings. The highest BCUT2D eigenvalue weighted by Crippen LogP contribution is 2.57. The van der Waals surface area contributed by atoms with Gasteiger partial charge in [-0.25, -0.2) is 0 Å². The molecule has 1 fully saturated rings. The number of para-hydroxylation sites is 1. The zero-order chi connectivity index (χ0) is 41.2. The molecule has 3 heteroatoms. The molecular formula is C60H42N2S. The Morgan fingerprint density at radius 1 is 0.333 bits per heavy atom. The zero-order valence-corrected chi connectivity index (χ0v) is 35.6. The Kier molecular flexibility index (Phi) is 7.53. The quantitative estimate of drug-likeness (QED) is 0.167. The molecule has 2 aliphatic rings. The lowest BCUT2D eigenvalue weighted by Crippen LogP contribution is -2.27. The standard InChI is InChI=1S/C60H42N2S/c1-3-13-38(14-4-1)39-21-25-42(26-22-39)61-56-34-41(24-29-47(56)51-36-53-50(37-57(51)61)44-15-5-8-18-52(44)60(53)31-11-2-12-32-60)40-23-28-46-45-16-6-9-19-54(45)62(55(46)33-40)43-27-30-49-48-17-7-10-20-58(48)63-59(49)35-43/h1,3-10,13-30,33-37H,2,11-12,31-32H2. The number of hydrogen-bond donors (Lipinski definition) is 0. The Morgan fingerprint density at radius 2 is 0.905 bits per heavy atom. The minimum Gasteiger partial charge on any atom is -0.309 e. The summed E-state index contributed by atoms with van der Waals surface area (Å²) in [5.74, 6) is 0. The fourth-order valence-corrected chi connectivity index (χ4v) is 13.0. The molecule has 0 amide bonds. The lowest BCUT2D eigenvalue weighted by atomic mass is 9.68. The van der Waals surface area contributed by atoms with E-state index in [0.29, 0.717) is 0 Å². The van der Waals surface area contributed by atoms with Crippen molar-refractivity contribution in [3.8, 4) is 44.8 Å². The summed E-state index contributed by atoms with van der Waals surface area (Å²) in [5.41, 5.74) is 18.2. The van der Waals surface area contributed by atoms with Gasteiger partial charge < -0.3 is 9.13 Å². The van der Waals surface area contributed by atoms with E-state index in [2.05, 4.69) is 203 Å². The van der Waals surface area contributed by atoms with Gasteiger partial charge in [-0.3, -0.25) is 0 Å². The van der Waals surface area contributed by atoms with Gasteiger partial charge in [-0.15, -0.1) is 11.3 Å². The van der Waals surface area contributed by atoms with E-state index in [9.17, 15) is 0 Å². The summed E-state index contributed by atoms with van der Waals surface area (Å²) in [6.45, 7) is 0. The van der Waals surface area contributed by atoms with Crippen LogP contribution < -0.4 is 0 Å². The van der Waals surface area contributed by atoms with Gasteiger partial charge in [-0.2, -0.15) is 0 Å². The van der Waals surface area contributed by atoms with Crippen LogP contribution in [-0.4, -0.2) is 9.13 Å². The first-order valence-electron chi connectivity index (χ1n) is 22.5. The van der Waals surface area contributed by atoms with Crippen molar-refractivity contribution in [1.82, 2.24) is 9.13 Å². The number of benzene rings is 9. The van der Waals surface area contributed by atoms with E-state index in [1.165, 1.54) is 152 Å². The molecule has 14 rings (SSSR count). The number of nitrogens with zero attached hydrogens (tertiary/aromatic N) is 2. The van der Waals surface area contributed by atoms with Crippen LogP contribution in [0.1, 0.15) is 43.2 Å². The summed E-state index contributed by atoms with van der Waals surface area (Å²) < 4.78 is 7.65. The molecule has 2 nitrogen and oxygen atoms in total. The highest BCUT2D eigenvalue weighted by molar-refractivity contribution is 7.25. The fraction of sp³-hybridized carbons (Fsp3) is 0.100. The van der Waals surface area contributed by atoms with Gasteiger partial charge in [0.15, 0.2) is 0 Å². The maximum absolute atomic E-state index is 2.60. The molecule has 1 spiro atoms. The topological polar surface area (TPSA) is 9.86 Å². The molecule has 0 saturated heterocycles. The zero-order valence-electron chi connectivity index (χ0n) is 34.8. The Hall–Kier alpha value is -7.20. The maximum Gasteiger partial charge on any atom is 0.0547 e. The molecule has 3 aromatic heterocycles. The molecule has 1 saturated carbocycles. The van der Waals surface area contributed by atoms with Gasteiger partial charge in [0, 0.05) is 58.5 Å². The monoisotopic (exact) mass is 822 g/mol. The fourth-order valence-electron chi connectivity index (χ4n) is 11.8. The summed E-state index contributed by atoms with van der Waals surface area (Å²) in [4.78, 5) is 0. The van der Waals surface area contributed by atoms with E-state index in [1.54, 1.807) is 0 Å². The highest BCUT2D eigenvalue weighted by atomic mass is 32.1. The Balaban J connectivity index is 0.987. The van der Waals surface area contributed by atoms with Crippen molar-refractivity contribution in [2.45, 2.75) is 37.5 Å². The Labute approximate surface area is 369 Å².